The summed E-state index contributed by atoms with van der Waals surface area (Å²) in [7, 11) is 0. The molecule has 0 saturated heterocycles. The van der Waals surface area contributed by atoms with Gasteiger partial charge in [-0.3, -0.25) is 0 Å². The Balaban J connectivity index is 2.35. The summed E-state index contributed by atoms with van der Waals surface area (Å²) in [5.41, 5.74) is 1.86. The van der Waals surface area contributed by atoms with Crippen LogP contribution in [0.1, 0.15) is 17.0 Å². The Labute approximate surface area is 81.3 Å². The van der Waals surface area contributed by atoms with Gasteiger partial charge in [0, 0.05) is 5.92 Å². The largest absolute Gasteiger partial charge is 0.479 e. The molecule has 2 unspecified atom stereocenters. The van der Waals surface area contributed by atoms with Crippen LogP contribution in [0.25, 0.3) is 6.08 Å². The number of aliphatic hydroxyl groups excluding tert-OH is 1. The number of aliphatic carboxylic acids is 1. The summed E-state index contributed by atoms with van der Waals surface area (Å²) in [6, 6.07) is 7.47. The highest BCUT2D eigenvalue weighted by Gasteiger charge is 2.28. The van der Waals surface area contributed by atoms with E-state index in [0.717, 1.165) is 11.1 Å². The molecule has 0 aliphatic heterocycles. The van der Waals surface area contributed by atoms with Crippen molar-refractivity contribution < 1.29 is 15.0 Å². The van der Waals surface area contributed by atoms with Crippen LogP contribution in [0.15, 0.2) is 30.3 Å². The van der Waals surface area contributed by atoms with E-state index in [1.54, 1.807) is 6.08 Å². The number of hydrogen-bond donors (Lipinski definition) is 2. The van der Waals surface area contributed by atoms with E-state index in [0.29, 0.717) is 0 Å². The molecule has 0 aromatic heterocycles. The summed E-state index contributed by atoms with van der Waals surface area (Å²) < 4.78 is 0. The third-order valence-electron chi connectivity index (χ3n) is 2.43. The van der Waals surface area contributed by atoms with Gasteiger partial charge in [0.25, 0.3) is 0 Å². The second-order valence-corrected chi connectivity index (χ2v) is 3.30. The standard InChI is InChI=1S/C11H10O3/c12-10(11(13)14)9-6-5-7-3-1-2-4-8(7)9/h1-6,9-10,12H,(H,13,14). The van der Waals surface area contributed by atoms with Gasteiger partial charge in [-0.05, 0) is 11.1 Å². The van der Waals surface area contributed by atoms with Crippen molar-refractivity contribution in [3.8, 4) is 0 Å². The highest BCUT2D eigenvalue weighted by atomic mass is 16.4. The molecule has 1 aromatic rings. The Morgan fingerprint density at radius 3 is 2.79 bits per heavy atom. The van der Waals surface area contributed by atoms with Gasteiger partial charge < -0.3 is 10.2 Å². The number of carboxylic acids is 1. The second-order valence-electron chi connectivity index (χ2n) is 3.30. The second kappa shape index (κ2) is 3.27. The van der Waals surface area contributed by atoms with E-state index in [9.17, 15) is 9.90 Å². The van der Waals surface area contributed by atoms with Crippen molar-refractivity contribution in [2.45, 2.75) is 12.0 Å². The van der Waals surface area contributed by atoms with E-state index in [2.05, 4.69) is 0 Å². The molecule has 0 amide bonds. The fourth-order valence-electron chi connectivity index (χ4n) is 1.71. The Morgan fingerprint density at radius 1 is 1.36 bits per heavy atom. The van der Waals surface area contributed by atoms with Crippen molar-refractivity contribution in [1.29, 1.82) is 0 Å². The van der Waals surface area contributed by atoms with Crippen LogP contribution >= 0.6 is 0 Å². The molecule has 2 atom stereocenters. The van der Waals surface area contributed by atoms with Gasteiger partial charge >= 0.3 is 5.97 Å². The molecule has 2 N–H and O–H groups in total. The minimum absolute atomic E-state index is 0.413. The topological polar surface area (TPSA) is 57.5 Å². The van der Waals surface area contributed by atoms with Gasteiger partial charge in [0.2, 0.25) is 0 Å². The van der Waals surface area contributed by atoms with Gasteiger partial charge in [-0.2, -0.15) is 0 Å². The third kappa shape index (κ3) is 1.32. The van der Waals surface area contributed by atoms with Crippen molar-refractivity contribution in [2.24, 2.45) is 0 Å². The molecule has 0 radical (unpaired) electrons. The molecule has 1 aromatic carbocycles. The van der Waals surface area contributed by atoms with Crippen LogP contribution in [-0.4, -0.2) is 22.3 Å². The lowest BCUT2D eigenvalue weighted by Crippen LogP contribution is -2.25. The average Bonchev–Trinajstić information content (AvgIpc) is 2.60. The number of aliphatic hydroxyl groups is 1. The van der Waals surface area contributed by atoms with Crippen LogP contribution in [0.3, 0.4) is 0 Å². The van der Waals surface area contributed by atoms with Gasteiger partial charge in [0.05, 0.1) is 0 Å². The molecule has 0 spiro atoms. The first-order chi connectivity index (χ1) is 6.70. The quantitative estimate of drug-likeness (QED) is 0.737. The van der Waals surface area contributed by atoms with Crippen molar-refractivity contribution in [2.75, 3.05) is 0 Å². The first kappa shape index (κ1) is 8.97. The Bertz CT molecular complexity index is 395. The number of fused-ring (bicyclic) bond motifs is 1. The summed E-state index contributed by atoms with van der Waals surface area (Å²) in [5.74, 6) is -1.60. The van der Waals surface area contributed by atoms with Crippen LogP contribution in [-0.2, 0) is 4.79 Å². The monoisotopic (exact) mass is 190 g/mol. The number of carbonyl (C=O) groups is 1. The number of hydrogen-bond acceptors (Lipinski definition) is 2. The van der Waals surface area contributed by atoms with Crippen LogP contribution in [0, 0.1) is 0 Å². The van der Waals surface area contributed by atoms with Gasteiger partial charge in [-0.1, -0.05) is 36.4 Å². The van der Waals surface area contributed by atoms with Crippen molar-refractivity contribution in [3.63, 3.8) is 0 Å². The molecule has 14 heavy (non-hydrogen) atoms. The number of carboxylic acid groups (broad SMARTS) is 1. The van der Waals surface area contributed by atoms with Crippen molar-refractivity contribution in [1.82, 2.24) is 0 Å². The lowest BCUT2D eigenvalue weighted by atomic mass is 9.95. The number of benzene rings is 1. The zero-order chi connectivity index (χ0) is 10.1. The van der Waals surface area contributed by atoms with E-state index in [1.165, 1.54) is 0 Å². The van der Waals surface area contributed by atoms with E-state index < -0.39 is 18.0 Å². The molecule has 3 nitrogen and oxygen atoms in total. The fourth-order valence-corrected chi connectivity index (χ4v) is 1.71. The lowest BCUT2D eigenvalue weighted by Gasteiger charge is -2.13. The molecule has 1 aliphatic carbocycles. The predicted molar refractivity (Wildman–Crippen MR) is 51.9 cm³/mol. The summed E-state index contributed by atoms with van der Waals surface area (Å²) in [4.78, 5) is 10.6. The Kier molecular flexibility index (Phi) is 2.09. The van der Waals surface area contributed by atoms with E-state index >= 15 is 0 Å². The maximum absolute atomic E-state index is 10.6. The zero-order valence-corrected chi connectivity index (χ0v) is 7.42. The van der Waals surface area contributed by atoms with E-state index in [1.807, 2.05) is 30.3 Å². The van der Waals surface area contributed by atoms with Crippen molar-refractivity contribution >= 4 is 12.0 Å². The molecule has 0 heterocycles. The molecule has 0 fully saturated rings. The maximum atomic E-state index is 10.6. The molecule has 2 rings (SSSR count). The highest BCUT2D eigenvalue weighted by molar-refractivity contribution is 5.76. The third-order valence-corrected chi connectivity index (χ3v) is 2.43. The molecule has 3 heteroatoms. The van der Waals surface area contributed by atoms with Gasteiger partial charge in [-0.15, -0.1) is 0 Å². The van der Waals surface area contributed by atoms with Crippen LogP contribution in [0.2, 0.25) is 0 Å². The zero-order valence-electron chi connectivity index (χ0n) is 7.42. The molecule has 1 aliphatic rings. The summed E-state index contributed by atoms with van der Waals surface area (Å²) >= 11 is 0. The first-order valence-corrected chi connectivity index (χ1v) is 4.38. The van der Waals surface area contributed by atoms with Crippen LogP contribution in [0.4, 0.5) is 0 Å². The van der Waals surface area contributed by atoms with Crippen LogP contribution < -0.4 is 0 Å². The first-order valence-electron chi connectivity index (χ1n) is 4.38. The minimum Gasteiger partial charge on any atom is -0.479 e. The summed E-state index contributed by atoms with van der Waals surface area (Å²) in [6.45, 7) is 0. The Hall–Kier alpha value is -1.61. The predicted octanol–water partition coefficient (Wildman–Crippen LogP) is 1.24. The van der Waals surface area contributed by atoms with Gasteiger partial charge in [-0.25, -0.2) is 4.79 Å². The molecule has 0 bridgehead atoms. The smallest absolute Gasteiger partial charge is 0.333 e. The SMILES string of the molecule is O=C(O)C(O)C1C=Cc2ccccc21. The average molecular weight is 190 g/mol. The lowest BCUT2D eigenvalue weighted by molar-refractivity contribution is -0.147. The minimum atomic E-state index is -1.35. The van der Waals surface area contributed by atoms with Gasteiger partial charge in [0.15, 0.2) is 6.10 Å². The van der Waals surface area contributed by atoms with E-state index in [4.69, 9.17) is 5.11 Å². The van der Waals surface area contributed by atoms with Crippen LogP contribution in [0.5, 0.6) is 0 Å². The molecule has 72 valence electrons. The number of rotatable bonds is 2. The maximum Gasteiger partial charge on any atom is 0.333 e. The summed E-state index contributed by atoms with van der Waals surface area (Å²) in [5, 5.41) is 18.1. The van der Waals surface area contributed by atoms with Crippen molar-refractivity contribution in [3.05, 3.63) is 41.5 Å². The molecule has 0 saturated carbocycles. The summed E-state index contributed by atoms with van der Waals surface area (Å²) in [6.07, 6.45) is 2.21. The van der Waals surface area contributed by atoms with Gasteiger partial charge in [0.1, 0.15) is 0 Å². The molecular weight excluding hydrogens is 180 g/mol. The highest BCUT2D eigenvalue weighted by Crippen LogP contribution is 2.32. The fraction of sp³-hybridized carbons (Fsp3) is 0.182. The molecular formula is C11H10O3. The normalized spacial score (nSPS) is 20.5. The van der Waals surface area contributed by atoms with E-state index in [-0.39, 0.29) is 0 Å². The Morgan fingerprint density at radius 2 is 2.07 bits per heavy atom.